The number of rotatable bonds is 5. The van der Waals surface area contributed by atoms with Crippen LogP contribution in [-0.2, 0) is 6.42 Å². The highest BCUT2D eigenvalue weighted by molar-refractivity contribution is 5.28. The van der Waals surface area contributed by atoms with Gasteiger partial charge in [-0.15, -0.1) is 0 Å². The van der Waals surface area contributed by atoms with Gasteiger partial charge in [0.15, 0.2) is 0 Å². The van der Waals surface area contributed by atoms with Crippen molar-refractivity contribution >= 4 is 0 Å². The molecule has 0 saturated carbocycles. The van der Waals surface area contributed by atoms with Gasteiger partial charge in [0.1, 0.15) is 5.82 Å². The van der Waals surface area contributed by atoms with Gasteiger partial charge < -0.3 is 5.32 Å². The van der Waals surface area contributed by atoms with Gasteiger partial charge >= 0.3 is 0 Å². The molecular weight excluding hydrogens is 237 g/mol. The molecule has 1 N–H and O–H groups in total. The summed E-state index contributed by atoms with van der Waals surface area (Å²) in [5, 5.41) is 3.24. The summed E-state index contributed by atoms with van der Waals surface area (Å²) in [4.78, 5) is 0. The van der Waals surface area contributed by atoms with E-state index in [0.717, 1.165) is 13.0 Å². The highest BCUT2D eigenvalue weighted by atomic mass is 19.1. The van der Waals surface area contributed by atoms with Crippen LogP contribution >= 0.6 is 0 Å². The van der Waals surface area contributed by atoms with Gasteiger partial charge in [-0.3, -0.25) is 0 Å². The summed E-state index contributed by atoms with van der Waals surface area (Å²) in [7, 11) is 1.96. The van der Waals surface area contributed by atoms with Gasteiger partial charge in [0.2, 0.25) is 0 Å². The topological polar surface area (TPSA) is 12.0 Å². The molecule has 1 unspecified atom stereocenters. The zero-order chi connectivity index (χ0) is 13.7. The Morgan fingerprint density at radius 1 is 1.11 bits per heavy atom. The molecule has 2 heteroatoms. The molecule has 100 valence electrons. The lowest BCUT2D eigenvalue weighted by Gasteiger charge is -2.17. The summed E-state index contributed by atoms with van der Waals surface area (Å²) < 4.78 is 13.3. The van der Waals surface area contributed by atoms with E-state index in [0.29, 0.717) is 11.5 Å². The maximum atomic E-state index is 13.3. The van der Waals surface area contributed by atoms with Gasteiger partial charge in [-0.2, -0.15) is 0 Å². The van der Waals surface area contributed by atoms with Crippen molar-refractivity contribution in [3.8, 4) is 0 Å². The molecule has 2 aromatic rings. The monoisotopic (exact) mass is 257 g/mol. The largest absolute Gasteiger partial charge is 0.319 e. The van der Waals surface area contributed by atoms with Crippen LogP contribution in [0.5, 0.6) is 0 Å². The fourth-order valence-electron chi connectivity index (χ4n) is 2.40. The van der Waals surface area contributed by atoms with E-state index in [2.05, 4.69) is 29.6 Å². The van der Waals surface area contributed by atoms with Crippen LogP contribution in [0.15, 0.2) is 48.5 Å². The van der Waals surface area contributed by atoms with Crippen LogP contribution in [0.4, 0.5) is 4.39 Å². The normalized spacial score (nSPS) is 12.4. The standard InChI is InChI=1S/C17H20FN/c1-13-10-14(8-9-17(13)18)11-16(12-19-2)15-6-4-3-5-7-15/h3-10,16,19H,11-12H2,1-2H3. The van der Waals surface area contributed by atoms with Crippen molar-refractivity contribution in [1.29, 1.82) is 0 Å². The van der Waals surface area contributed by atoms with Crippen molar-refractivity contribution in [1.82, 2.24) is 5.32 Å². The molecule has 0 bridgehead atoms. The molecule has 0 aromatic heterocycles. The molecule has 0 aliphatic carbocycles. The quantitative estimate of drug-likeness (QED) is 0.861. The van der Waals surface area contributed by atoms with E-state index in [-0.39, 0.29) is 5.82 Å². The Morgan fingerprint density at radius 3 is 2.47 bits per heavy atom. The lowest BCUT2D eigenvalue weighted by molar-refractivity contribution is 0.609. The smallest absolute Gasteiger partial charge is 0.126 e. The first-order chi connectivity index (χ1) is 9.20. The Morgan fingerprint density at radius 2 is 1.84 bits per heavy atom. The zero-order valence-electron chi connectivity index (χ0n) is 11.5. The third kappa shape index (κ3) is 3.65. The fourth-order valence-corrected chi connectivity index (χ4v) is 2.40. The summed E-state index contributed by atoms with van der Waals surface area (Å²) in [5.41, 5.74) is 3.22. The molecule has 1 atom stereocenters. The minimum absolute atomic E-state index is 0.131. The highest BCUT2D eigenvalue weighted by Gasteiger charge is 2.12. The van der Waals surface area contributed by atoms with Gasteiger partial charge in [0.05, 0.1) is 0 Å². The molecule has 0 aliphatic rings. The number of benzene rings is 2. The Hall–Kier alpha value is -1.67. The second-order valence-corrected chi connectivity index (χ2v) is 4.95. The summed E-state index contributed by atoms with van der Waals surface area (Å²) in [6.07, 6.45) is 0.923. The van der Waals surface area contributed by atoms with E-state index < -0.39 is 0 Å². The van der Waals surface area contributed by atoms with Gasteiger partial charge in [-0.1, -0.05) is 42.5 Å². The predicted molar refractivity (Wildman–Crippen MR) is 78.0 cm³/mol. The van der Waals surface area contributed by atoms with Crippen LogP contribution < -0.4 is 5.32 Å². The zero-order valence-corrected chi connectivity index (χ0v) is 11.5. The highest BCUT2D eigenvalue weighted by Crippen LogP contribution is 2.21. The van der Waals surface area contributed by atoms with Gasteiger partial charge in [0, 0.05) is 12.5 Å². The van der Waals surface area contributed by atoms with Crippen LogP contribution in [0.2, 0.25) is 0 Å². The molecule has 0 heterocycles. The number of hydrogen-bond donors (Lipinski definition) is 1. The average Bonchev–Trinajstić information content (AvgIpc) is 2.43. The first-order valence-electron chi connectivity index (χ1n) is 6.65. The van der Waals surface area contributed by atoms with Crippen LogP contribution in [0, 0.1) is 12.7 Å². The Balaban J connectivity index is 2.19. The number of aryl methyl sites for hydroxylation is 1. The first kappa shape index (κ1) is 13.8. The first-order valence-corrected chi connectivity index (χ1v) is 6.65. The molecule has 0 amide bonds. The minimum atomic E-state index is -0.131. The Kier molecular flexibility index (Phi) is 4.69. The SMILES string of the molecule is CNCC(Cc1ccc(F)c(C)c1)c1ccccc1. The number of nitrogens with one attached hydrogen (secondary N) is 1. The van der Waals surface area contributed by atoms with E-state index in [1.54, 1.807) is 6.07 Å². The van der Waals surface area contributed by atoms with Crippen molar-refractivity contribution in [3.63, 3.8) is 0 Å². The maximum Gasteiger partial charge on any atom is 0.126 e. The molecule has 0 saturated heterocycles. The van der Waals surface area contributed by atoms with E-state index in [9.17, 15) is 4.39 Å². The molecule has 0 spiro atoms. The summed E-state index contributed by atoms with van der Waals surface area (Å²) in [5.74, 6) is 0.282. The number of halogens is 1. The van der Waals surface area contributed by atoms with Crippen molar-refractivity contribution in [2.75, 3.05) is 13.6 Å². The Bertz CT molecular complexity index is 522. The molecule has 19 heavy (non-hydrogen) atoms. The summed E-state index contributed by atoms with van der Waals surface area (Å²) in [6.45, 7) is 2.73. The maximum absolute atomic E-state index is 13.3. The molecule has 0 radical (unpaired) electrons. The van der Waals surface area contributed by atoms with Gasteiger partial charge in [-0.05, 0) is 43.1 Å². The summed E-state index contributed by atoms with van der Waals surface area (Å²) >= 11 is 0. The van der Waals surface area contributed by atoms with Crippen LogP contribution in [0.25, 0.3) is 0 Å². The van der Waals surface area contributed by atoms with Crippen molar-refractivity contribution < 1.29 is 4.39 Å². The van der Waals surface area contributed by atoms with Crippen LogP contribution in [-0.4, -0.2) is 13.6 Å². The van der Waals surface area contributed by atoms with Crippen molar-refractivity contribution in [2.45, 2.75) is 19.3 Å². The molecule has 1 nitrogen and oxygen atoms in total. The van der Waals surface area contributed by atoms with E-state index >= 15 is 0 Å². The number of likely N-dealkylation sites (N-methyl/N-ethyl adjacent to an activating group) is 1. The fraction of sp³-hybridized carbons (Fsp3) is 0.294. The third-order valence-corrected chi connectivity index (χ3v) is 3.43. The van der Waals surface area contributed by atoms with Crippen molar-refractivity contribution in [3.05, 3.63) is 71.0 Å². The molecular formula is C17H20FN. The molecule has 2 aromatic carbocycles. The minimum Gasteiger partial charge on any atom is -0.319 e. The van der Waals surface area contributed by atoms with Gasteiger partial charge in [0.25, 0.3) is 0 Å². The second-order valence-electron chi connectivity index (χ2n) is 4.95. The third-order valence-electron chi connectivity index (χ3n) is 3.43. The lowest BCUT2D eigenvalue weighted by atomic mass is 9.91. The summed E-state index contributed by atoms with van der Waals surface area (Å²) in [6, 6.07) is 15.8. The van der Waals surface area contributed by atoms with E-state index in [4.69, 9.17) is 0 Å². The molecule has 0 aliphatic heterocycles. The lowest BCUT2D eigenvalue weighted by Crippen LogP contribution is -2.19. The van der Waals surface area contributed by atoms with Crippen LogP contribution in [0.3, 0.4) is 0 Å². The average molecular weight is 257 g/mol. The predicted octanol–water partition coefficient (Wildman–Crippen LogP) is 3.68. The van der Waals surface area contributed by atoms with E-state index in [1.807, 2.05) is 32.2 Å². The Labute approximate surface area is 114 Å². The van der Waals surface area contributed by atoms with Crippen LogP contribution in [0.1, 0.15) is 22.6 Å². The van der Waals surface area contributed by atoms with Gasteiger partial charge in [-0.25, -0.2) is 4.39 Å². The van der Waals surface area contributed by atoms with E-state index in [1.165, 1.54) is 11.1 Å². The molecule has 0 fully saturated rings. The molecule has 2 rings (SSSR count). The second kappa shape index (κ2) is 6.48. The van der Waals surface area contributed by atoms with Crippen molar-refractivity contribution in [2.24, 2.45) is 0 Å². The number of hydrogen-bond acceptors (Lipinski definition) is 1.